The first-order valence-electron chi connectivity index (χ1n) is 9.22. The first kappa shape index (κ1) is 18.3. The summed E-state index contributed by atoms with van der Waals surface area (Å²) in [5.41, 5.74) is 9.41. The number of rotatable bonds is 3. The molecule has 6 heteroatoms. The number of fused-ring (bicyclic) bond motifs is 1. The Hall–Kier alpha value is -1.53. The number of benzene rings is 1. The zero-order chi connectivity index (χ0) is 18.4. The number of anilines is 2. The standard InChI is InChI=1S/C19H32N4OSi/c1-19(2,3)25(5,6)24-15-7-9-23(10-8-15)18-12-17-14(11-16(18)20)13-21-22(17)4/h11-13,15H,7-10,20H2,1-6H3. The van der Waals surface area contributed by atoms with Gasteiger partial charge in [0.15, 0.2) is 8.32 Å². The van der Waals surface area contributed by atoms with Crippen LogP contribution in [0.1, 0.15) is 33.6 Å². The molecule has 0 aliphatic carbocycles. The highest BCUT2D eigenvalue weighted by Gasteiger charge is 2.39. The molecule has 2 heterocycles. The molecule has 1 aromatic carbocycles. The van der Waals surface area contributed by atoms with Crippen molar-refractivity contribution in [2.45, 2.75) is 57.8 Å². The van der Waals surface area contributed by atoms with Crippen molar-refractivity contribution < 1.29 is 4.43 Å². The molecule has 1 aliphatic rings. The fraction of sp³-hybridized carbons (Fsp3) is 0.632. The number of aryl methyl sites for hydroxylation is 1. The summed E-state index contributed by atoms with van der Waals surface area (Å²) in [4.78, 5) is 2.40. The molecule has 0 spiro atoms. The first-order chi connectivity index (χ1) is 11.6. The van der Waals surface area contributed by atoms with Gasteiger partial charge in [-0.05, 0) is 43.1 Å². The van der Waals surface area contributed by atoms with Crippen molar-refractivity contribution in [1.29, 1.82) is 0 Å². The zero-order valence-electron chi connectivity index (χ0n) is 16.5. The van der Waals surface area contributed by atoms with Crippen molar-refractivity contribution in [2.24, 2.45) is 7.05 Å². The number of nitrogen functional groups attached to an aromatic ring is 1. The lowest BCUT2D eigenvalue weighted by Crippen LogP contribution is -2.47. The van der Waals surface area contributed by atoms with Gasteiger partial charge in [-0.15, -0.1) is 0 Å². The van der Waals surface area contributed by atoms with Crippen molar-refractivity contribution in [2.75, 3.05) is 23.7 Å². The lowest BCUT2D eigenvalue weighted by molar-refractivity contribution is 0.152. The van der Waals surface area contributed by atoms with Gasteiger partial charge < -0.3 is 15.1 Å². The molecule has 0 bridgehead atoms. The fourth-order valence-corrected chi connectivity index (χ4v) is 4.71. The maximum absolute atomic E-state index is 6.60. The van der Waals surface area contributed by atoms with E-state index in [2.05, 4.69) is 49.9 Å². The van der Waals surface area contributed by atoms with Gasteiger partial charge in [0.1, 0.15) is 0 Å². The number of piperidine rings is 1. The Morgan fingerprint density at radius 1 is 1.20 bits per heavy atom. The smallest absolute Gasteiger partial charge is 0.192 e. The van der Waals surface area contributed by atoms with E-state index < -0.39 is 8.32 Å². The summed E-state index contributed by atoms with van der Waals surface area (Å²) >= 11 is 0. The minimum absolute atomic E-state index is 0.263. The van der Waals surface area contributed by atoms with Gasteiger partial charge in [0, 0.05) is 31.6 Å². The second kappa shape index (κ2) is 6.32. The summed E-state index contributed by atoms with van der Waals surface area (Å²) in [6.07, 6.45) is 4.37. The van der Waals surface area contributed by atoms with Crippen LogP contribution in [-0.4, -0.2) is 37.3 Å². The summed E-state index contributed by atoms with van der Waals surface area (Å²) in [5, 5.41) is 5.69. The number of aromatic nitrogens is 2. The van der Waals surface area contributed by atoms with Crippen molar-refractivity contribution in [1.82, 2.24) is 9.78 Å². The molecule has 2 aromatic rings. The molecule has 5 nitrogen and oxygen atoms in total. The van der Waals surface area contributed by atoms with Crippen LogP contribution in [0.15, 0.2) is 18.3 Å². The minimum Gasteiger partial charge on any atom is -0.414 e. The molecule has 3 rings (SSSR count). The number of nitrogens with two attached hydrogens (primary N) is 1. The van der Waals surface area contributed by atoms with Crippen LogP contribution in [-0.2, 0) is 11.5 Å². The molecule has 0 radical (unpaired) electrons. The van der Waals surface area contributed by atoms with E-state index >= 15 is 0 Å². The third kappa shape index (κ3) is 3.55. The highest BCUT2D eigenvalue weighted by Crippen LogP contribution is 2.39. The average Bonchev–Trinajstić information content (AvgIpc) is 2.86. The molecule has 1 fully saturated rings. The Morgan fingerprint density at radius 2 is 1.84 bits per heavy atom. The molecule has 1 saturated heterocycles. The normalized spacial score (nSPS) is 17.4. The van der Waals surface area contributed by atoms with Gasteiger partial charge in [-0.3, -0.25) is 4.68 Å². The molecule has 0 saturated carbocycles. The maximum Gasteiger partial charge on any atom is 0.192 e. The summed E-state index contributed by atoms with van der Waals surface area (Å²) in [6.45, 7) is 13.6. The minimum atomic E-state index is -1.69. The molecule has 1 aliphatic heterocycles. The second-order valence-corrected chi connectivity index (χ2v) is 13.6. The van der Waals surface area contributed by atoms with Crippen LogP contribution in [0.2, 0.25) is 18.1 Å². The Bertz CT molecular complexity index is 755. The van der Waals surface area contributed by atoms with Gasteiger partial charge in [0.05, 0.1) is 23.1 Å². The van der Waals surface area contributed by atoms with E-state index in [0.717, 1.165) is 48.2 Å². The average molecular weight is 361 g/mol. The Kier molecular flexibility index (Phi) is 4.62. The quantitative estimate of drug-likeness (QED) is 0.660. The fourth-order valence-electron chi connectivity index (χ4n) is 3.29. The third-order valence-electron chi connectivity index (χ3n) is 5.94. The van der Waals surface area contributed by atoms with Crippen LogP contribution in [0, 0.1) is 0 Å². The van der Waals surface area contributed by atoms with Gasteiger partial charge in [0.25, 0.3) is 0 Å². The summed E-state index contributed by atoms with van der Waals surface area (Å²) in [6, 6.07) is 4.21. The number of hydrogen-bond donors (Lipinski definition) is 1. The largest absolute Gasteiger partial charge is 0.414 e. The van der Waals surface area contributed by atoms with Gasteiger partial charge in [0.2, 0.25) is 0 Å². The highest BCUT2D eigenvalue weighted by atomic mass is 28.4. The molecule has 0 unspecified atom stereocenters. The van der Waals surface area contributed by atoms with Crippen LogP contribution >= 0.6 is 0 Å². The van der Waals surface area contributed by atoms with Gasteiger partial charge in [-0.25, -0.2) is 0 Å². The zero-order valence-corrected chi connectivity index (χ0v) is 17.5. The van der Waals surface area contributed by atoms with Crippen LogP contribution in [0.3, 0.4) is 0 Å². The lowest BCUT2D eigenvalue weighted by atomic mass is 10.1. The highest BCUT2D eigenvalue weighted by molar-refractivity contribution is 6.74. The van der Waals surface area contributed by atoms with Gasteiger partial charge >= 0.3 is 0 Å². The molecule has 2 N–H and O–H groups in total. The first-order valence-corrected chi connectivity index (χ1v) is 12.1. The SMILES string of the molecule is Cn1ncc2cc(N)c(N3CCC(O[Si](C)(C)C(C)(C)C)CC3)cc21. The second-order valence-electron chi connectivity index (χ2n) is 8.80. The van der Waals surface area contributed by atoms with E-state index in [1.54, 1.807) is 0 Å². The molecular formula is C19H32N4OSi. The molecule has 0 amide bonds. The molecule has 138 valence electrons. The van der Waals surface area contributed by atoms with Crippen LogP contribution in [0.25, 0.3) is 10.9 Å². The van der Waals surface area contributed by atoms with E-state index in [1.165, 1.54) is 0 Å². The van der Waals surface area contributed by atoms with Crippen molar-refractivity contribution in [3.05, 3.63) is 18.3 Å². The molecular weight excluding hydrogens is 328 g/mol. The van der Waals surface area contributed by atoms with Crippen molar-refractivity contribution >= 4 is 30.6 Å². The lowest BCUT2D eigenvalue weighted by Gasteiger charge is -2.42. The van der Waals surface area contributed by atoms with E-state index in [4.69, 9.17) is 10.2 Å². The topological polar surface area (TPSA) is 56.3 Å². The van der Waals surface area contributed by atoms with Crippen molar-refractivity contribution in [3.63, 3.8) is 0 Å². The molecule has 1 aromatic heterocycles. The van der Waals surface area contributed by atoms with Gasteiger partial charge in [-0.1, -0.05) is 20.8 Å². The Labute approximate surface area is 152 Å². The van der Waals surface area contributed by atoms with E-state index in [9.17, 15) is 0 Å². The Balaban J connectivity index is 1.70. The monoisotopic (exact) mass is 360 g/mol. The number of hydrogen-bond acceptors (Lipinski definition) is 4. The van der Waals surface area contributed by atoms with Crippen LogP contribution < -0.4 is 10.6 Å². The maximum atomic E-state index is 6.60. The molecule has 25 heavy (non-hydrogen) atoms. The van der Waals surface area contributed by atoms with Crippen molar-refractivity contribution in [3.8, 4) is 0 Å². The summed E-state index contributed by atoms with van der Waals surface area (Å²) in [7, 11) is 0.280. The molecule has 0 atom stereocenters. The Morgan fingerprint density at radius 3 is 2.44 bits per heavy atom. The van der Waals surface area contributed by atoms with E-state index in [1.807, 2.05) is 24.0 Å². The predicted molar refractivity (Wildman–Crippen MR) is 109 cm³/mol. The van der Waals surface area contributed by atoms with E-state index in [-0.39, 0.29) is 5.04 Å². The third-order valence-corrected chi connectivity index (χ3v) is 10.5. The number of nitrogens with zero attached hydrogens (tertiary/aromatic N) is 3. The van der Waals surface area contributed by atoms with Gasteiger partial charge in [-0.2, -0.15) is 5.10 Å². The van der Waals surface area contributed by atoms with Crippen LogP contribution in [0.5, 0.6) is 0 Å². The van der Waals surface area contributed by atoms with E-state index in [0.29, 0.717) is 6.10 Å². The summed E-state index contributed by atoms with van der Waals surface area (Å²) < 4.78 is 8.51. The predicted octanol–water partition coefficient (Wildman–Crippen LogP) is 4.15. The summed E-state index contributed by atoms with van der Waals surface area (Å²) in [5.74, 6) is 0. The van der Waals surface area contributed by atoms with Crippen LogP contribution in [0.4, 0.5) is 11.4 Å².